The minimum absolute atomic E-state index is 0.104. The average Bonchev–Trinajstić information content (AvgIpc) is 3.56. The zero-order chi connectivity index (χ0) is 26.3. The Bertz CT molecular complexity index is 1500. The fourth-order valence-corrected chi connectivity index (χ4v) is 8.55. The summed E-state index contributed by atoms with van der Waals surface area (Å²) in [6, 6.07) is 0.104. The second-order valence-corrected chi connectivity index (χ2v) is 13.2. The molecule has 14 heteroatoms. The molecule has 1 aliphatic heterocycles. The molecule has 0 bridgehead atoms. The molecule has 5 rings (SSSR count). The van der Waals surface area contributed by atoms with Crippen LogP contribution >= 0.6 is 22.7 Å². The predicted octanol–water partition coefficient (Wildman–Crippen LogP) is 3.58. The van der Waals surface area contributed by atoms with Gasteiger partial charge in [-0.25, -0.2) is 23.4 Å². The monoisotopic (exact) mass is 562 g/mol. The lowest BCUT2D eigenvalue weighted by molar-refractivity contribution is 0.184. The van der Waals surface area contributed by atoms with E-state index in [0.717, 1.165) is 45.2 Å². The van der Waals surface area contributed by atoms with Crippen LogP contribution in [0.1, 0.15) is 24.1 Å². The summed E-state index contributed by atoms with van der Waals surface area (Å²) in [6.07, 6.45) is 1.58. The summed E-state index contributed by atoms with van der Waals surface area (Å²) in [7, 11) is -1.81. The molecule has 4 aromatic heterocycles. The summed E-state index contributed by atoms with van der Waals surface area (Å²) in [6.45, 7) is 10.7. The van der Waals surface area contributed by atoms with Gasteiger partial charge in [0, 0.05) is 56.8 Å². The zero-order valence-corrected chi connectivity index (χ0v) is 23.8. The minimum Gasteiger partial charge on any atom is -0.365 e. The third-order valence-corrected chi connectivity index (χ3v) is 11.1. The van der Waals surface area contributed by atoms with E-state index in [1.807, 2.05) is 13.8 Å². The molecule has 198 valence electrons. The standard InChI is InChI=1S/C23H30N8O3S3/c1-13(10-30-6-8-31(9-7-30)37(32,33)22-15(3)28-23(24-5)36-22)27-21-20-19(25-12-26-21)17(11-35-20)18-14(2)29-34-16(18)4/h11-13H,6-10H2,1-5H3,(H,24,28)(H,25,26,27)/t13-/m0/s1. The molecule has 0 saturated carbocycles. The molecule has 1 aliphatic rings. The van der Waals surface area contributed by atoms with Crippen molar-refractivity contribution in [1.29, 1.82) is 0 Å². The van der Waals surface area contributed by atoms with Crippen molar-refractivity contribution in [3.05, 3.63) is 28.9 Å². The van der Waals surface area contributed by atoms with E-state index < -0.39 is 10.0 Å². The molecule has 37 heavy (non-hydrogen) atoms. The van der Waals surface area contributed by atoms with Crippen LogP contribution in [0.25, 0.3) is 21.3 Å². The molecule has 5 heterocycles. The van der Waals surface area contributed by atoms with Gasteiger partial charge in [-0.15, -0.1) is 11.3 Å². The van der Waals surface area contributed by atoms with Gasteiger partial charge in [0.15, 0.2) is 9.34 Å². The van der Waals surface area contributed by atoms with Crippen LogP contribution in [0, 0.1) is 20.8 Å². The first-order valence-electron chi connectivity index (χ1n) is 12.0. The van der Waals surface area contributed by atoms with E-state index in [9.17, 15) is 8.42 Å². The summed E-state index contributed by atoms with van der Waals surface area (Å²) in [5.41, 5.74) is 4.24. The number of rotatable bonds is 8. The van der Waals surface area contributed by atoms with Gasteiger partial charge in [-0.05, 0) is 27.7 Å². The van der Waals surface area contributed by atoms with Crippen LogP contribution in [0.5, 0.6) is 0 Å². The van der Waals surface area contributed by atoms with Crippen molar-refractivity contribution in [3.63, 3.8) is 0 Å². The van der Waals surface area contributed by atoms with Gasteiger partial charge < -0.3 is 15.2 Å². The van der Waals surface area contributed by atoms with Gasteiger partial charge in [-0.1, -0.05) is 16.5 Å². The van der Waals surface area contributed by atoms with Crippen molar-refractivity contribution in [2.45, 2.75) is 37.9 Å². The Hall–Kier alpha value is -2.65. The normalized spacial score (nSPS) is 16.4. The second kappa shape index (κ2) is 10.3. The smallest absolute Gasteiger partial charge is 0.254 e. The van der Waals surface area contributed by atoms with E-state index in [-0.39, 0.29) is 6.04 Å². The van der Waals surface area contributed by atoms with Crippen LogP contribution < -0.4 is 10.6 Å². The van der Waals surface area contributed by atoms with Crippen molar-refractivity contribution in [3.8, 4) is 11.1 Å². The zero-order valence-electron chi connectivity index (χ0n) is 21.4. The highest BCUT2D eigenvalue weighted by atomic mass is 32.2. The number of piperazine rings is 1. The maximum Gasteiger partial charge on any atom is 0.254 e. The lowest BCUT2D eigenvalue weighted by Gasteiger charge is -2.35. The number of nitrogens with one attached hydrogen (secondary N) is 2. The molecule has 1 saturated heterocycles. The van der Waals surface area contributed by atoms with Gasteiger partial charge >= 0.3 is 0 Å². The van der Waals surface area contributed by atoms with Gasteiger partial charge in [0.1, 0.15) is 17.9 Å². The Morgan fingerprint density at radius 2 is 1.89 bits per heavy atom. The first-order valence-corrected chi connectivity index (χ1v) is 15.1. The number of aryl methyl sites for hydroxylation is 3. The van der Waals surface area contributed by atoms with Gasteiger partial charge in [-0.3, -0.25) is 4.90 Å². The van der Waals surface area contributed by atoms with E-state index in [0.29, 0.717) is 41.2 Å². The number of hydrogen-bond donors (Lipinski definition) is 2. The van der Waals surface area contributed by atoms with Crippen LogP contribution in [-0.4, -0.2) is 83.5 Å². The summed E-state index contributed by atoms with van der Waals surface area (Å²) in [5.74, 6) is 1.57. The number of fused-ring (bicyclic) bond motifs is 1. The molecule has 0 unspecified atom stereocenters. The number of thiazole rings is 1. The Morgan fingerprint density at radius 1 is 1.14 bits per heavy atom. The number of nitrogens with zero attached hydrogens (tertiary/aromatic N) is 6. The van der Waals surface area contributed by atoms with E-state index >= 15 is 0 Å². The third kappa shape index (κ3) is 4.95. The largest absolute Gasteiger partial charge is 0.365 e. The van der Waals surface area contributed by atoms with Crippen LogP contribution in [0.3, 0.4) is 0 Å². The van der Waals surface area contributed by atoms with Crippen LogP contribution in [-0.2, 0) is 10.0 Å². The van der Waals surface area contributed by atoms with Crippen molar-refractivity contribution in [2.24, 2.45) is 0 Å². The highest BCUT2D eigenvalue weighted by Crippen LogP contribution is 2.38. The molecule has 2 N–H and O–H groups in total. The Kier molecular flexibility index (Phi) is 7.20. The molecule has 0 aliphatic carbocycles. The fourth-order valence-electron chi connectivity index (χ4n) is 4.66. The van der Waals surface area contributed by atoms with Gasteiger partial charge in [0.05, 0.1) is 27.2 Å². The van der Waals surface area contributed by atoms with Gasteiger partial charge in [-0.2, -0.15) is 4.31 Å². The number of anilines is 2. The summed E-state index contributed by atoms with van der Waals surface area (Å²) in [5, 5.41) is 13.2. The molecule has 0 radical (unpaired) electrons. The van der Waals surface area contributed by atoms with Gasteiger partial charge in [0.25, 0.3) is 10.0 Å². The second-order valence-electron chi connectivity index (χ2n) is 9.14. The topological polar surface area (TPSA) is 129 Å². The SMILES string of the molecule is CNc1nc(C)c(S(=O)(=O)N2CCN(C[C@H](C)Nc3ncnc4c(-c5c(C)noc5C)csc34)CC2)s1. The fraction of sp³-hybridized carbons (Fsp3) is 0.478. The lowest BCUT2D eigenvalue weighted by atomic mass is 10.1. The molecule has 4 aromatic rings. The van der Waals surface area contributed by atoms with E-state index in [2.05, 4.69) is 47.9 Å². The summed E-state index contributed by atoms with van der Waals surface area (Å²) in [4.78, 5) is 15.6. The molecule has 1 atom stereocenters. The van der Waals surface area contributed by atoms with E-state index in [1.54, 1.807) is 35.9 Å². The van der Waals surface area contributed by atoms with Gasteiger partial charge in [0.2, 0.25) is 0 Å². The highest BCUT2D eigenvalue weighted by molar-refractivity contribution is 7.91. The average molecular weight is 563 g/mol. The number of sulfonamides is 1. The summed E-state index contributed by atoms with van der Waals surface area (Å²) >= 11 is 2.78. The minimum atomic E-state index is -3.55. The Morgan fingerprint density at radius 3 is 2.54 bits per heavy atom. The molecule has 1 fully saturated rings. The molecular weight excluding hydrogens is 533 g/mol. The third-order valence-electron chi connectivity index (χ3n) is 6.44. The molecule has 11 nitrogen and oxygen atoms in total. The van der Waals surface area contributed by atoms with Crippen LogP contribution in [0.4, 0.5) is 10.9 Å². The van der Waals surface area contributed by atoms with Crippen molar-refractivity contribution in [1.82, 2.24) is 29.3 Å². The molecular formula is C23H30N8O3S3. The first kappa shape index (κ1) is 26.0. The Balaban J connectivity index is 1.23. The molecule has 0 spiro atoms. The molecule has 0 amide bonds. The van der Waals surface area contributed by atoms with Crippen molar-refractivity contribution in [2.75, 3.05) is 50.4 Å². The quantitative estimate of drug-likeness (QED) is 0.329. The Labute approximate surface area is 224 Å². The summed E-state index contributed by atoms with van der Waals surface area (Å²) < 4.78 is 34.6. The lowest BCUT2D eigenvalue weighted by Crippen LogP contribution is -2.50. The van der Waals surface area contributed by atoms with E-state index in [1.165, 1.54) is 11.3 Å². The van der Waals surface area contributed by atoms with Crippen molar-refractivity contribution >= 4 is 53.9 Å². The van der Waals surface area contributed by atoms with Crippen molar-refractivity contribution < 1.29 is 12.9 Å². The number of aromatic nitrogens is 4. The predicted molar refractivity (Wildman–Crippen MR) is 147 cm³/mol. The maximum absolute atomic E-state index is 13.2. The molecule has 0 aromatic carbocycles. The maximum atomic E-state index is 13.2. The highest BCUT2D eigenvalue weighted by Gasteiger charge is 2.32. The first-order chi connectivity index (χ1) is 17.7. The van der Waals surface area contributed by atoms with Crippen LogP contribution in [0.2, 0.25) is 0 Å². The number of thiophene rings is 1. The van der Waals surface area contributed by atoms with E-state index in [4.69, 9.17) is 4.52 Å². The van der Waals surface area contributed by atoms with Crippen LogP contribution in [0.15, 0.2) is 20.4 Å². The number of hydrogen-bond acceptors (Lipinski definition) is 12.